The molecule has 1 atom stereocenters. The Morgan fingerprint density at radius 3 is 2.68 bits per heavy atom. The Hall–Kier alpha value is -0.970. The fraction of sp³-hybridized carbons (Fsp3) is 0.667. The van der Waals surface area contributed by atoms with Crippen molar-refractivity contribution in [3.05, 3.63) is 29.1 Å². The molecule has 0 aromatic carbocycles. The van der Waals surface area contributed by atoms with E-state index in [1.807, 2.05) is 0 Å². The van der Waals surface area contributed by atoms with Gasteiger partial charge in [-0.15, -0.1) is 0 Å². The minimum atomic E-state index is 0.0254. The number of nitrogens with zero attached hydrogens (tertiary/aromatic N) is 2. The first-order valence-corrected chi connectivity index (χ1v) is 6.91. The van der Waals surface area contributed by atoms with Gasteiger partial charge < -0.3 is 14.4 Å². The first-order valence-electron chi connectivity index (χ1n) is 6.91. The lowest BCUT2D eigenvalue weighted by Gasteiger charge is -2.26. The molecule has 0 N–H and O–H groups in total. The third kappa shape index (κ3) is 3.75. The van der Waals surface area contributed by atoms with Crippen LogP contribution in [0.15, 0.2) is 12.1 Å². The standard InChI is InChI=1S/C15H24N2O2/c1-11(2)13-6-5-12(14(16-13)9-17(3)4)15-10-18-7-8-19-15/h5-6,11,15H,7-10H2,1-4H3/t15-/m0/s1. The number of ether oxygens (including phenoxy) is 2. The van der Waals surface area contributed by atoms with Crippen LogP contribution in [0.3, 0.4) is 0 Å². The van der Waals surface area contributed by atoms with Gasteiger partial charge in [0.2, 0.25) is 0 Å². The van der Waals surface area contributed by atoms with Crippen LogP contribution in [0, 0.1) is 0 Å². The van der Waals surface area contributed by atoms with Crippen LogP contribution in [0.1, 0.15) is 42.8 Å². The molecule has 1 aromatic rings. The summed E-state index contributed by atoms with van der Waals surface area (Å²) in [5.41, 5.74) is 3.40. The van der Waals surface area contributed by atoms with Crippen LogP contribution in [0.25, 0.3) is 0 Å². The molecule has 0 saturated carbocycles. The summed E-state index contributed by atoms with van der Waals surface area (Å²) in [6.07, 6.45) is 0.0254. The Kier molecular flexibility index (Phi) is 4.91. The largest absolute Gasteiger partial charge is 0.376 e. The van der Waals surface area contributed by atoms with Crippen molar-refractivity contribution in [3.8, 4) is 0 Å². The third-order valence-corrected chi connectivity index (χ3v) is 3.25. The van der Waals surface area contributed by atoms with E-state index in [9.17, 15) is 0 Å². The van der Waals surface area contributed by atoms with Gasteiger partial charge in [0.1, 0.15) is 6.10 Å². The number of aromatic nitrogens is 1. The lowest BCUT2D eigenvalue weighted by atomic mass is 10.0. The molecule has 1 aliphatic rings. The Bertz CT molecular complexity index is 413. The molecular formula is C15H24N2O2. The second kappa shape index (κ2) is 6.46. The van der Waals surface area contributed by atoms with Crippen LogP contribution in [-0.4, -0.2) is 43.8 Å². The van der Waals surface area contributed by atoms with Gasteiger partial charge in [-0.25, -0.2) is 0 Å². The van der Waals surface area contributed by atoms with Gasteiger partial charge in [-0.3, -0.25) is 4.98 Å². The van der Waals surface area contributed by atoms with Crippen molar-refractivity contribution in [2.75, 3.05) is 33.9 Å². The SMILES string of the molecule is CC(C)c1ccc([C@@H]2COCCO2)c(CN(C)C)n1. The maximum absolute atomic E-state index is 5.80. The molecule has 4 nitrogen and oxygen atoms in total. The van der Waals surface area contributed by atoms with Crippen LogP contribution in [-0.2, 0) is 16.0 Å². The highest BCUT2D eigenvalue weighted by Gasteiger charge is 2.21. The van der Waals surface area contributed by atoms with Gasteiger partial charge in [0.25, 0.3) is 0 Å². The summed E-state index contributed by atoms with van der Waals surface area (Å²) in [5.74, 6) is 0.443. The average molecular weight is 264 g/mol. The maximum Gasteiger partial charge on any atom is 0.108 e. The molecule has 0 spiro atoms. The van der Waals surface area contributed by atoms with E-state index >= 15 is 0 Å². The molecule has 1 aromatic heterocycles. The van der Waals surface area contributed by atoms with Crippen molar-refractivity contribution in [1.29, 1.82) is 0 Å². The molecule has 2 rings (SSSR count). The molecule has 2 heterocycles. The van der Waals surface area contributed by atoms with Crippen LogP contribution >= 0.6 is 0 Å². The van der Waals surface area contributed by atoms with Crippen LogP contribution in [0.4, 0.5) is 0 Å². The van der Waals surface area contributed by atoms with Crippen LogP contribution < -0.4 is 0 Å². The summed E-state index contributed by atoms with van der Waals surface area (Å²) in [4.78, 5) is 6.95. The highest BCUT2D eigenvalue weighted by molar-refractivity contribution is 5.27. The van der Waals surface area contributed by atoms with E-state index in [0.29, 0.717) is 25.7 Å². The van der Waals surface area contributed by atoms with E-state index in [1.54, 1.807) is 0 Å². The Morgan fingerprint density at radius 2 is 2.11 bits per heavy atom. The number of rotatable bonds is 4. The smallest absolute Gasteiger partial charge is 0.108 e. The first-order chi connectivity index (χ1) is 9.08. The fourth-order valence-corrected chi connectivity index (χ4v) is 2.24. The second-order valence-corrected chi connectivity index (χ2v) is 5.60. The molecular weight excluding hydrogens is 240 g/mol. The lowest BCUT2D eigenvalue weighted by Crippen LogP contribution is -2.25. The van der Waals surface area contributed by atoms with E-state index in [0.717, 1.165) is 23.5 Å². The Balaban J connectivity index is 2.29. The zero-order chi connectivity index (χ0) is 13.8. The molecule has 0 bridgehead atoms. The van der Waals surface area contributed by atoms with Crippen LogP contribution in [0.2, 0.25) is 0 Å². The third-order valence-electron chi connectivity index (χ3n) is 3.25. The monoisotopic (exact) mass is 264 g/mol. The average Bonchev–Trinajstić information content (AvgIpc) is 2.39. The van der Waals surface area contributed by atoms with Gasteiger partial charge in [0.05, 0.1) is 25.5 Å². The topological polar surface area (TPSA) is 34.6 Å². The van der Waals surface area contributed by atoms with Crippen molar-refractivity contribution >= 4 is 0 Å². The zero-order valence-electron chi connectivity index (χ0n) is 12.3. The van der Waals surface area contributed by atoms with Gasteiger partial charge in [-0.05, 0) is 26.1 Å². The van der Waals surface area contributed by atoms with E-state index in [4.69, 9.17) is 14.5 Å². The quantitative estimate of drug-likeness (QED) is 0.836. The van der Waals surface area contributed by atoms with Gasteiger partial charge >= 0.3 is 0 Å². The van der Waals surface area contributed by atoms with Gasteiger partial charge in [0, 0.05) is 17.8 Å². The summed E-state index contributed by atoms with van der Waals surface area (Å²) in [6, 6.07) is 4.26. The van der Waals surface area contributed by atoms with Gasteiger partial charge in [-0.2, -0.15) is 0 Å². The summed E-state index contributed by atoms with van der Waals surface area (Å²) in [5, 5.41) is 0. The van der Waals surface area contributed by atoms with E-state index < -0.39 is 0 Å². The maximum atomic E-state index is 5.80. The predicted molar refractivity (Wildman–Crippen MR) is 75.2 cm³/mol. The lowest BCUT2D eigenvalue weighted by molar-refractivity contribution is -0.0907. The van der Waals surface area contributed by atoms with Gasteiger partial charge in [0.15, 0.2) is 0 Å². The molecule has 19 heavy (non-hydrogen) atoms. The Labute approximate surface area is 115 Å². The molecule has 1 fully saturated rings. The first kappa shape index (κ1) is 14.4. The highest BCUT2D eigenvalue weighted by Crippen LogP contribution is 2.25. The Morgan fingerprint density at radius 1 is 1.32 bits per heavy atom. The molecule has 4 heteroatoms. The van der Waals surface area contributed by atoms with Crippen molar-refractivity contribution < 1.29 is 9.47 Å². The molecule has 1 aliphatic heterocycles. The van der Waals surface area contributed by atoms with Gasteiger partial charge in [-0.1, -0.05) is 19.9 Å². The van der Waals surface area contributed by atoms with E-state index in [2.05, 4.69) is 45.0 Å². The minimum Gasteiger partial charge on any atom is -0.376 e. The van der Waals surface area contributed by atoms with Crippen molar-refractivity contribution in [2.45, 2.75) is 32.4 Å². The van der Waals surface area contributed by atoms with Crippen LogP contribution in [0.5, 0.6) is 0 Å². The number of hydrogen-bond acceptors (Lipinski definition) is 4. The van der Waals surface area contributed by atoms with Crippen molar-refractivity contribution in [1.82, 2.24) is 9.88 Å². The molecule has 1 saturated heterocycles. The fourth-order valence-electron chi connectivity index (χ4n) is 2.24. The molecule has 0 amide bonds. The van der Waals surface area contributed by atoms with E-state index in [-0.39, 0.29) is 6.10 Å². The van der Waals surface area contributed by atoms with E-state index in [1.165, 1.54) is 0 Å². The summed E-state index contributed by atoms with van der Waals surface area (Å²) in [6.45, 7) is 7.15. The molecule has 0 unspecified atom stereocenters. The summed E-state index contributed by atoms with van der Waals surface area (Å²) >= 11 is 0. The zero-order valence-corrected chi connectivity index (χ0v) is 12.3. The molecule has 0 aliphatic carbocycles. The van der Waals surface area contributed by atoms with Crippen molar-refractivity contribution in [3.63, 3.8) is 0 Å². The summed E-state index contributed by atoms with van der Waals surface area (Å²) < 4.78 is 11.3. The van der Waals surface area contributed by atoms with Crippen molar-refractivity contribution in [2.24, 2.45) is 0 Å². The normalized spacial score (nSPS) is 20.2. The second-order valence-electron chi connectivity index (χ2n) is 5.60. The highest BCUT2D eigenvalue weighted by atomic mass is 16.6. The summed E-state index contributed by atoms with van der Waals surface area (Å²) in [7, 11) is 4.12. The molecule has 106 valence electrons. The molecule has 0 radical (unpaired) electrons. The number of pyridine rings is 1. The minimum absolute atomic E-state index is 0.0254. The number of hydrogen-bond donors (Lipinski definition) is 0. The predicted octanol–water partition coefficient (Wildman–Crippen LogP) is 2.35.